The van der Waals surface area contributed by atoms with Gasteiger partial charge in [-0.05, 0) is 37.8 Å². The van der Waals surface area contributed by atoms with Crippen LogP contribution in [0.2, 0.25) is 0 Å². The molecule has 0 saturated heterocycles. The Hall–Kier alpha value is -2.16. The van der Waals surface area contributed by atoms with Crippen LogP contribution in [0.25, 0.3) is 0 Å². The molecule has 8 nitrogen and oxygen atoms in total. The van der Waals surface area contributed by atoms with Crippen molar-refractivity contribution in [3.05, 3.63) is 35.5 Å². The minimum absolute atomic E-state index is 0.216. The van der Waals surface area contributed by atoms with E-state index in [1.54, 1.807) is 14.0 Å². The highest BCUT2D eigenvalue weighted by atomic mass is 16.5. The summed E-state index contributed by atoms with van der Waals surface area (Å²) >= 11 is 0. The molecule has 0 aliphatic rings. The van der Waals surface area contributed by atoms with Crippen molar-refractivity contribution >= 4 is 0 Å². The van der Waals surface area contributed by atoms with Crippen molar-refractivity contribution in [1.82, 2.24) is 20.0 Å². The number of aromatic nitrogens is 2. The minimum atomic E-state index is -0.559. The molecule has 2 aromatic rings. The molecule has 1 aromatic carbocycles. The van der Waals surface area contributed by atoms with E-state index >= 15 is 0 Å². The van der Waals surface area contributed by atoms with E-state index in [-0.39, 0.29) is 6.61 Å². The molecule has 0 radical (unpaired) electrons. The quantitative estimate of drug-likeness (QED) is 0.588. The van der Waals surface area contributed by atoms with Crippen molar-refractivity contribution in [3.63, 3.8) is 0 Å². The summed E-state index contributed by atoms with van der Waals surface area (Å²) in [7, 11) is 3.59. The van der Waals surface area contributed by atoms with Gasteiger partial charge in [0.25, 0.3) is 0 Å². The van der Waals surface area contributed by atoms with Gasteiger partial charge in [0.2, 0.25) is 11.8 Å². The van der Waals surface area contributed by atoms with Crippen molar-refractivity contribution < 1.29 is 19.0 Å². The second-order valence-corrected chi connectivity index (χ2v) is 6.82. The number of likely N-dealkylation sites (N-methyl/N-ethyl adjacent to an activating group) is 1. The average molecular weight is 393 g/mol. The third kappa shape index (κ3) is 6.78. The number of aliphatic hydroxyl groups excluding tert-OH is 1. The molecule has 1 heterocycles. The number of hydrogen-bond acceptors (Lipinski definition) is 8. The highest BCUT2D eigenvalue weighted by Crippen LogP contribution is 2.28. The fraction of sp³-hybridized carbons (Fsp3) is 0.600. The first kappa shape index (κ1) is 22.1. The molecule has 0 spiro atoms. The second-order valence-electron chi connectivity index (χ2n) is 6.82. The van der Waals surface area contributed by atoms with E-state index < -0.39 is 6.10 Å². The summed E-state index contributed by atoms with van der Waals surface area (Å²) in [5.74, 6) is 2.42. The first-order valence-electron chi connectivity index (χ1n) is 9.62. The largest absolute Gasteiger partial charge is 0.493 e. The summed E-state index contributed by atoms with van der Waals surface area (Å²) < 4.78 is 16.7. The molecule has 0 aliphatic heterocycles. The van der Waals surface area contributed by atoms with Crippen LogP contribution in [-0.4, -0.2) is 71.6 Å². The Labute approximate surface area is 167 Å². The fourth-order valence-electron chi connectivity index (χ4n) is 2.95. The number of aryl methyl sites for hydroxylation is 1. The number of nitrogens with zero attached hydrogens (tertiary/aromatic N) is 4. The molecule has 0 fully saturated rings. The van der Waals surface area contributed by atoms with Crippen molar-refractivity contribution in [3.8, 4) is 11.5 Å². The van der Waals surface area contributed by atoms with Gasteiger partial charge in [-0.15, -0.1) is 10.2 Å². The number of methoxy groups -OCH3 is 1. The van der Waals surface area contributed by atoms with Crippen LogP contribution in [0.4, 0.5) is 0 Å². The van der Waals surface area contributed by atoms with Crippen molar-refractivity contribution in [2.45, 2.75) is 40.0 Å². The van der Waals surface area contributed by atoms with Crippen LogP contribution in [-0.2, 0) is 13.1 Å². The predicted molar refractivity (Wildman–Crippen MR) is 106 cm³/mol. The summed E-state index contributed by atoms with van der Waals surface area (Å²) in [6.07, 6.45) is -0.559. The summed E-state index contributed by atoms with van der Waals surface area (Å²) in [5, 5.41) is 18.1. The van der Waals surface area contributed by atoms with E-state index in [0.717, 1.165) is 18.7 Å². The smallest absolute Gasteiger partial charge is 0.230 e. The zero-order chi connectivity index (χ0) is 20.5. The van der Waals surface area contributed by atoms with E-state index in [1.807, 2.05) is 25.2 Å². The Balaban J connectivity index is 1.96. The maximum absolute atomic E-state index is 10.2. The normalized spacial score (nSPS) is 12.6. The van der Waals surface area contributed by atoms with Crippen molar-refractivity contribution in [2.75, 3.05) is 40.4 Å². The third-order valence-corrected chi connectivity index (χ3v) is 4.45. The van der Waals surface area contributed by atoms with E-state index in [1.165, 1.54) is 0 Å². The first-order valence-corrected chi connectivity index (χ1v) is 9.62. The SMILES string of the molecule is CCN(CC)CC(O)COc1cc(CN(C)Cc2nnc(C)o2)ccc1OC. The molecular weight excluding hydrogens is 360 g/mol. The highest BCUT2D eigenvalue weighted by Gasteiger charge is 2.13. The van der Waals surface area contributed by atoms with Crippen molar-refractivity contribution in [1.29, 1.82) is 0 Å². The van der Waals surface area contributed by atoms with E-state index in [4.69, 9.17) is 13.9 Å². The van der Waals surface area contributed by atoms with E-state index in [9.17, 15) is 5.11 Å². The standard InChI is InChI=1S/C20H32N4O4/c1-6-24(7-2)12-17(25)14-27-19-10-16(8-9-18(19)26-5)11-23(4)13-20-22-21-15(3)28-20/h8-10,17,25H,6-7,11-14H2,1-5H3. The van der Waals surface area contributed by atoms with E-state index in [0.29, 0.717) is 42.9 Å². The maximum Gasteiger partial charge on any atom is 0.230 e. The molecule has 0 aliphatic carbocycles. The molecule has 156 valence electrons. The van der Waals surface area contributed by atoms with Crippen LogP contribution in [0.3, 0.4) is 0 Å². The predicted octanol–water partition coefficient (Wildman–Crippen LogP) is 2.10. The minimum Gasteiger partial charge on any atom is -0.493 e. The van der Waals surface area contributed by atoms with Crippen molar-refractivity contribution in [2.24, 2.45) is 0 Å². The zero-order valence-corrected chi connectivity index (χ0v) is 17.5. The Bertz CT molecular complexity index is 718. The van der Waals surface area contributed by atoms with Gasteiger partial charge in [0.05, 0.1) is 13.7 Å². The lowest BCUT2D eigenvalue weighted by atomic mass is 10.2. The van der Waals surface area contributed by atoms with Crippen LogP contribution < -0.4 is 9.47 Å². The molecule has 1 aromatic heterocycles. The highest BCUT2D eigenvalue weighted by molar-refractivity contribution is 5.43. The molecule has 1 atom stereocenters. The summed E-state index contributed by atoms with van der Waals surface area (Å²) in [5.41, 5.74) is 1.06. The van der Waals surface area contributed by atoms with Gasteiger partial charge in [-0.2, -0.15) is 0 Å². The van der Waals surface area contributed by atoms with Gasteiger partial charge in [-0.3, -0.25) is 4.90 Å². The van der Waals surface area contributed by atoms with Gasteiger partial charge in [0.15, 0.2) is 11.5 Å². The lowest BCUT2D eigenvalue weighted by Gasteiger charge is -2.22. The third-order valence-electron chi connectivity index (χ3n) is 4.45. The van der Waals surface area contributed by atoms with Gasteiger partial charge in [-0.25, -0.2) is 0 Å². The van der Waals surface area contributed by atoms with Gasteiger partial charge in [0.1, 0.15) is 12.7 Å². The second kappa shape index (κ2) is 11.0. The van der Waals surface area contributed by atoms with E-state index in [2.05, 4.69) is 33.8 Å². The molecule has 1 N–H and O–H groups in total. The topological polar surface area (TPSA) is 84.1 Å². The van der Waals surface area contributed by atoms with Crippen LogP contribution in [0, 0.1) is 6.92 Å². The maximum atomic E-state index is 10.2. The Morgan fingerprint density at radius 1 is 1.14 bits per heavy atom. The summed E-state index contributed by atoms with van der Waals surface area (Å²) in [6.45, 7) is 9.78. The van der Waals surface area contributed by atoms with Crippen LogP contribution in [0.15, 0.2) is 22.6 Å². The molecule has 0 saturated carbocycles. The van der Waals surface area contributed by atoms with Crippen LogP contribution in [0.1, 0.15) is 31.2 Å². The van der Waals surface area contributed by atoms with Crippen LogP contribution in [0.5, 0.6) is 11.5 Å². The monoisotopic (exact) mass is 392 g/mol. The van der Waals surface area contributed by atoms with Gasteiger partial charge >= 0.3 is 0 Å². The van der Waals surface area contributed by atoms with Gasteiger partial charge in [-0.1, -0.05) is 19.9 Å². The summed E-state index contributed by atoms with van der Waals surface area (Å²) in [6, 6.07) is 5.82. The molecule has 0 amide bonds. The number of rotatable bonds is 12. The Kier molecular flexibility index (Phi) is 8.69. The van der Waals surface area contributed by atoms with Gasteiger partial charge in [0, 0.05) is 20.0 Å². The molecule has 0 bridgehead atoms. The zero-order valence-electron chi connectivity index (χ0n) is 17.5. The Morgan fingerprint density at radius 2 is 1.89 bits per heavy atom. The Morgan fingerprint density at radius 3 is 2.50 bits per heavy atom. The number of aliphatic hydroxyl groups is 1. The number of hydrogen-bond donors (Lipinski definition) is 1. The summed E-state index contributed by atoms with van der Waals surface area (Å²) in [4.78, 5) is 4.24. The molecule has 2 rings (SSSR count). The average Bonchev–Trinajstić information content (AvgIpc) is 3.08. The lowest BCUT2D eigenvalue weighted by molar-refractivity contribution is 0.0705. The van der Waals surface area contributed by atoms with Gasteiger partial charge < -0.3 is 23.9 Å². The molecule has 28 heavy (non-hydrogen) atoms. The lowest BCUT2D eigenvalue weighted by Crippen LogP contribution is -2.35. The first-order chi connectivity index (χ1) is 13.4. The molecular formula is C20H32N4O4. The number of benzene rings is 1. The fourth-order valence-corrected chi connectivity index (χ4v) is 2.95. The number of ether oxygens (including phenoxy) is 2. The van der Waals surface area contributed by atoms with Crippen LogP contribution >= 0.6 is 0 Å². The molecule has 8 heteroatoms. The molecule has 1 unspecified atom stereocenters.